The topological polar surface area (TPSA) is 103 Å². The van der Waals surface area contributed by atoms with Crippen LogP contribution in [0.5, 0.6) is 11.5 Å². The molecule has 0 aromatic heterocycles. The SMILES string of the molecule is COc1cc(NC(=O)CCl)c(NC(=O)CCCN)cc1OC. The molecule has 7 nitrogen and oxygen atoms in total. The fourth-order valence-corrected chi connectivity index (χ4v) is 1.81. The van der Waals surface area contributed by atoms with Crippen LogP contribution in [0.4, 0.5) is 11.4 Å². The number of nitrogens with two attached hydrogens (primary N) is 1. The molecule has 0 atom stereocenters. The number of anilines is 2. The summed E-state index contributed by atoms with van der Waals surface area (Å²) in [5, 5.41) is 5.31. The van der Waals surface area contributed by atoms with Gasteiger partial charge in [0.05, 0.1) is 25.6 Å². The Morgan fingerprint density at radius 1 is 1.09 bits per heavy atom. The van der Waals surface area contributed by atoms with Gasteiger partial charge in [0.2, 0.25) is 11.8 Å². The van der Waals surface area contributed by atoms with Crippen molar-refractivity contribution >= 4 is 34.8 Å². The van der Waals surface area contributed by atoms with Gasteiger partial charge in [-0.25, -0.2) is 0 Å². The quantitative estimate of drug-likeness (QED) is 0.628. The summed E-state index contributed by atoms with van der Waals surface area (Å²) in [6, 6.07) is 3.13. The van der Waals surface area contributed by atoms with Gasteiger partial charge in [0.15, 0.2) is 11.5 Å². The molecule has 0 fully saturated rings. The van der Waals surface area contributed by atoms with Crippen molar-refractivity contribution in [1.82, 2.24) is 0 Å². The van der Waals surface area contributed by atoms with E-state index < -0.39 is 5.91 Å². The van der Waals surface area contributed by atoms with Crippen molar-refractivity contribution in [1.29, 1.82) is 0 Å². The van der Waals surface area contributed by atoms with Crippen LogP contribution in [0.15, 0.2) is 12.1 Å². The first-order valence-corrected chi connectivity index (χ1v) is 7.20. The predicted molar refractivity (Wildman–Crippen MR) is 85.8 cm³/mol. The molecule has 0 bridgehead atoms. The number of amides is 2. The van der Waals surface area contributed by atoms with Gasteiger partial charge in [0, 0.05) is 18.6 Å². The number of benzene rings is 1. The number of hydrogen-bond donors (Lipinski definition) is 3. The maximum Gasteiger partial charge on any atom is 0.239 e. The van der Waals surface area contributed by atoms with Crippen molar-refractivity contribution in [2.24, 2.45) is 5.73 Å². The Kier molecular flexibility index (Phi) is 7.48. The van der Waals surface area contributed by atoms with Crippen molar-refractivity contribution in [2.45, 2.75) is 12.8 Å². The van der Waals surface area contributed by atoms with Crippen LogP contribution in [0.1, 0.15) is 12.8 Å². The molecule has 1 rings (SSSR count). The van der Waals surface area contributed by atoms with E-state index in [0.29, 0.717) is 35.8 Å². The minimum atomic E-state index is -0.397. The number of carbonyl (C=O) groups is 2. The van der Waals surface area contributed by atoms with Gasteiger partial charge in [0.1, 0.15) is 5.88 Å². The van der Waals surface area contributed by atoms with Crippen LogP contribution in [0, 0.1) is 0 Å². The van der Waals surface area contributed by atoms with Gasteiger partial charge < -0.3 is 25.8 Å². The zero-order valence-electron chi connectivity index (χ0n) is 12.6. The van der Waals surface area contributed by atoms with E-state index in [4.69, 9.17) is 26.8 Å². The van der Waals surface area contributed by atoms with Crippen LogP contribution < -0.4 is 25.8 Å². The maximum atomic E-state index is 11.9. The standard InChI is InChI=1S/C14H20ClN3O4/c1-21-11-6-9(17-13(19)4-3-5-16)10(7-12(11)22-2)18-14(20)8-15/h6-7H,3-5,8,16H2,1-2H3,(H,17,19)(H,18,20). The maximum absolute atomic E-state index is 11.9. The number of halogens is 1. The number of methoxy groups -OCH3 is 2. The molecule has 0 aliphatic rings. The van der Waals surface area contributed by atoms with Crippen molar-refractivity contribution < 1.29 is 19.1 Å². The van der Waals surface area contributed by atoms with Crippen molar-refractivity contribution in [3.05, 3.63) is 12.1 Å². The molecular weight excluding hydrogens is 310 g/mol. The van der Waals surface area contributed by atoms with Gasteiger partial charge in [-0.3, -0.25) is 9.59 Å². The normalized spacial score (nSPS) is 10.0. The third-order valence-corrected chi connectivity index (χ3v) is 3.04. The van der Waals surface area contributed by atoms with Gasteiger partial charge in [-0.15, -0.1) is 11.6 Å². The van der Waals surface area contributed by atoms with Crippen LogP contribution in [0.3, 0.4) is 0 Å². The molecule has 4 N–H and O–H groups in total. The zero-order valence-corrected chi connectivity index (χ0v) is 13.3. The number of rotatable bonds is 8. The van der Waals surface area contributed by atoms with E-state index in [2.05, 4.69) is 10.6 Å². The van der Waals surface area contributed by atoms with Crippen molar-refractivity contribution in [3.8, 4) is 11.5 Å². The van der Waals surface area contributed by atoms with Gasteiger partial charge in [0.25, 0.3) is 0 Å². The summed E-state index contributed by atoms with van der Waals surface area (Å²) in [6.45, 7) is 0.426. The first-order valence-electron chi connectivity index (χ1n) is 6.67. The predicted octanol–water partition coefficient (Wildman–Crippen LogP) is 1.56. The molecule has 1 aromatic rings. The molecular formula is C14H20ClN3O4. The van der Waals surface area contributed by atoms with Crippen LogP contribution in [0.25, 0.3) is 0 Å². The molecule has 22 heavy (non-hydrogen) atoms. The summed E-state index contributed by atoms with van der Waals surface area (Å²) >= 11 is 5.49. The third kappa shape index (κ3) is 5.09. The summed E-state index contributed by atoms with van der Waals surface area (Å²) in [5.41, 5.74) is 6.16. The van der Waals surface area contributed by atoms with Crippen molar-refractivity contribution in [3.63, 3.8) is 0 Å². The summed E-state index contributed by atoms with van der Waals surface area (Å²) in [6.07, 6.45) is 0.857. The first kappa shape index (κ1) is 18.1. The van der Waals surface area contributed by atoms with Crippen LogP contribution in [-0.2, 0) is 9.59 Å². The molecule has 0 aliphatic carbocycles. The molecule has 8 heteroatoms. The number of nitrogens with one attached hydrogen (secondary N) is 2. The number of alkyl halides is 1. The summed E-state index contributed by atoms with van der Waals surface area (Å²) in [5.74, 6) is 0.0488. The van der Waals surface area contributed by atoms with E-state index in [-0.39, 0.29) is 18.2 Å². The number of ether oxygens (including phenoxy) is 2. The third-order valence-electron chi connectivity index (χ3n) is 2.80. The summed E-state index contributed by atoms with van der Waals surface area (Å²) in [4.78, 5) is 23.4. The highest BCUT2D eigenvalue weighted by atomic mass is 35.5. The Labute approximate surface area is 134 Å². The highest BCUT2D eigenvalue weighted by Crippen LogP contribution is 2.36. The molecule has 122 valence electrons. The van der Waals surface area contributed by atoms with Gasteiger partial charge in [-0.05, 0) is 13.0 Å². The average molecular weight is 330 g/mol. The largest absolute Gasteiger partial charge is 0.493 e. The first-order chi connectivity index (χ1) is 10.5. The van der Waals surface area contributed by atoms with Gasteiger partial charge in [-0.2, -0.15) is 0 Å². The Morgan fingerprint density at radius 3 is 2.00 bits per heavy atom. The molecule has 0 heterocycles. The van der Waals surface area contributed by atoms with Gasteiger partial charge in [-0.1, -0.05) is 0 Å². The Morgan fingerprint density at radius 2 is 1.59 bits per heavy atom. The average Bonchev–Trinajstić information content (AvgIpc) is 2.53. The molecule has 2 amide bonds. The fourth-order valence-electron chi connectivity index (χ4n) is 1.74. The lowest BCUT2D eigenvalue weighted by Crippen LogP contribution is -2.18. The summed E-state index contributed by atoms with van der Waals surface area (Å²) < 4.78 is 10.4. The molecule has 0 unspecified atom stereocenters. The lowest BCUT2D eigenvalue weighted by molar-refractivity contribution is -0.116. The molecule has 0 radical (unpaired) electrons. The highest BCUT2D eigenvalue weighted by molar-refractivity contribution is 6.29. The van der Waals surface area contributed by atoms with Crippen LogP contribution in [0.2, 0.25) is 0 Å². The van der Waals surface area contributed by atoms with Gasteiger partial charge >= 0.3 is 0 Å². The highest BCUT2D eigenvalue weighted by Gasteiger charge is 2.15. The lowest BCUT2D eigenvalue weighted by Gasteiger charge is -2.16. The van der Waals surface area contributed by atoms with E-state index in [1.165, 1.54) is 14.2 Å². The summed E-state index contributed by atoms with van der Waals surface area (Å²) in [7, 11) is 2.96. The van der Waals surface area contributed by atoms with Crippen molar-refractivity contribution in [2.75, 3.05) is 37.3 Å². The van der Waals surface area contributed by atoms with Crippen LogP contribution >= 0.6 is 11.6 Å². The number of hydrogen-bond acceptors (Lipinski definition) is 5. The molecule has 1 aromatic carbocycles. The van der Waals surface area contributed by atoms with E-state index in [9.17, 15) is 9.59 Å². The zero-order chi connectivity index (χ0) is 16.5. The minimum Gasteiger partial charge on any atom is -0.493 e. The van der Waals surface area contributed by atoms with E-state index in [1.807, 2.05) is 0 Å². The Hall–Kier alpha value is -1.99. The second-order valence-electron chi connectivity index (χ2n) is 4.37. The van der Waals surface area contributed by atoms with E-state index in [0.717, 1.165) is 0 Å². The van der Waals surface area contributed by atoms with E-state index in [1.54, 1.807) is 12.1 Å². The fraction of sp³-hybridized carbons (Fsp3) is 0.429. The molecule has 0 aliphatic heterocycles. The second kappa shape index (κ2) is 9.11. The molecule has 0 saturated carbocycles. The lowest BCUT2D eigenvalue weighted by atomic mass is 10.2. The van der Waals surface area contributed by atoms with Crippen LogP contribution in [-0.4, -0.2) is 38.5 Å². The Balaban J connectivity index is 3.09. The molecule has 0 spiro atoms. The number of carbonyl (C=O) groups excluding carboxylic acids is 2. The second-order valence-corrected chi connectivity index (χ2v) is 4.64. The van der Waals surface area contributed by atoms with E-state index >= 15 is 0 Å². The minimum absolute atomic E-state index is 0.199. The smallest absolute Gasteiger partial charge is 0.239 e. The monoisotopic (exact) mass is 329 g/mol. The Bertz CT molecular complexity index is 537. The molecule has 0 saturated heterocycles.